The van der Waals surface area contributed by atoms with Crippen molar-refractivity contribution in [2.24, 2.45) is 0 Å². The molecule has 0 spiro atoms. The summed E-state index contributed by atoms with van der Waals surface area (Å²) in [5, 5.41) is 22.8. The van der Waals surface area contributed by atoms with Gasteiger partial charge in [-0.05, 0) is 48.5 Å². The number of amides is 1. The predicted octanol–water partition coefficient (Wildman–Crippen LogP) is 2.91. The van der Waals surface area contributed by atoms with E-state index in [2.05, 4.69) is 26.9 Å². The molecule has 0 bridgehead atoms. The Morgan fingerprint density at radius 1 is 1.03 bits per heavy atom. The third-order valence-electron chi connectivity index (χ3n) is 3.92. The number of methoxy groups -OCH3 is 1. The quantitative estimate of drug-likeness (QED) is 0.570. The van der Waals surface area contributed by atoms with E-state index >= 15 is 0 Å². The van der Waals surface area contributed by atoms with Gasteiger partial charge in [-0.3, -0.25) is 4.79 Å². The average Bonchev–Trinajstić information content (AvgIpc) is 2.78. The fraction of sp³-hybridized carbons (Fsp3) is 0.143. The van der Waals surface area contributed by atoms with Crippen LogP contribution in [0.4, 0.5) is 11.5 Å². The summed E-state index contributed by atoms with van der Waals surface area (Å²) in [6.45, 7) is 0.637. The zero-order valence-corrected chi connectivity index (χ0v) is 15.8. The normalized spacial score (nSPS) is 9.93. The Bertz CT molecular complexity index is 998. The molecule has 1 heterocycles. The van der Waals surface area contributed by atoms with Crippen molar-refractivity contribution in [1.29, 1.82) is 5.26 Å². The van der Waals surface area contributed by atoms with Crippen LogP contribution in [0.2, 0.25) is 0 Å². The molecule has 1 aromatic heterocycles. The SMILES string of the molecule is COc1ccc(OCCNC(=O)c2ccc(Nc3ccccc3C#N)nn2)cc1. The number of hydrogen-bond acceptors (Lipinski definition) is 7. The Kier molecular flexibility index (Phi) is 6.58. The molecule has 3 rings (SSSR count). The van der Waals surface area contributed by atoms with E-state index in [0.717, 1.165) is 5.75 Å². The molecular weight excluding hydrogens is 370 g/mol. The number of ether oxygens (including phenoxy) is 2. The molecule has 2 aromatic carbocycles. The number of carbonyl (C=O) groups is 1. The van der Waals surface area contributed by atoms with Crippen LogP contribution in [0.5, 0.6) is 11.5 Å². The van der Waals surface area contributed by atoms with E-state index in [1.807, 2.05) is 6.07 Å². The second-order valence-corrected chi connectivity index (χ2v) is 5.87. The second-order valence-electron chi connectivity index (χ2n) is 5.87. The lowest BCUT2D eigenvalue weighted by molar-refractivity contribution is 0.0941. The van der Waals surface area contributed by atoms with Crippen molar-refractivity contribution in [1.82, 2.24) is 15.5 Å². The molecule has 8 nitrogen and oxygen atoms in total. The molecule has 1 amide bonds. The standard InChI is InChI=1S/C21H19N5O3/c1-28-16-6-8-17(9-7-16)29-13-12-23-21(27)19-10-11-20(26-25-19)24-18-5-3-2-4-15(18)14-22/h2-11H,12-13H2,1H3,(H,23,27)(H,24,26). The smallest absolute Gasteiger partial charge is 0.271 e. The van der Waals surface area contributed by atoms with Crippen LogP contribution in [-0.2, 0) is 0 Å². The lowest BCUT2D eigenvalue weighted by Crippen LogP contribution is -2.29. The van der Waals surface area contributed by atoms with Gasteiger partial charge in [0.15, 0.2) is 11.5 Å². The second kappa shape index (κ2) is 9.71. The van der Waals surface area contributed by atoms with Gasteiger partial charge >= 0.3 is 0 Å². The van der Waals surface area contributed by atoms with Gasteiger partial charge in [-0.2, -0.15) is 5.26 Å². The van der Waals surface area contributed by atoms with Crippen molar-refractivity contribution >= 4 is 17.4 Å². The number of hydrogen-bond donors (Lipinski definition) is 2. The number of nitrogens with one attached hydrogen (secondary N) is 2. The Hall–Kier alpha value is -4.12. The zero-order valence-electron chi connectivity index (χ0n) is 15.8. The van der Waals surface area contributed by atoms with Crippen molar-refractivity contribution in [2.45, 2.75) is 0 Å². The van der Waals surface area contributed by atoms with Crippen molar-refractivity contribution in [3.8, 4) is 17.6 Å². The Labute approximate surface area is 168 Å². The summed E-state index contributed by atoms with van der Waals surface area (Å²) >= 11 is 0. The van der Waals surface area contributed by atoms with Crippen LogP contribution >= 0.6 is 0 Å². The highest BCUT2D eigenvalue weighted by Gasteiger charge is 2.09. The van der Waals surface area contributed by atoms with Crippen LogP contribution in [0.1, 0.15) is 16.1 Å². The van der Waals surface area contributed by atoms with Gasteiger partial charge in [-0.1, -0.05) is 12.1 Å². The maximum Gasteiger partial charge on any atom is 0.271 e. The molecule has 0 aliphatic carbocycles. The lowest BCUT2D eigenvalue weighted by Gasteiger charge is -2.09. The Balaban J connectivity index is 1.48. The van der Waals surface area contributed by atoms with Crippen LogP contribution in [0.3, 0.4) is 0 Å². The monoisotopic (exact) mass is 389 g/mol. The van der Waals surface area contributed by atoms with Crippen molar-refractivity contribution < 1.29 is 14.3 Å². The third-order valence-corrected chi connectivity index (χ3v) is 3.92. The summed E-state index contributed by atoms with van der Waals surface area (Å²) < 4.78 is 10.6. The number of aromatic nitrogens is 2. The Morgan fingerprint density at radius 3 is 2.48 bits per heavy atom. The predicted molar refractivity (Wildman–Crippen MR) is 107 cm³/mol. The van der Waals surface area contributed by atoms with Gasteiger partial charge in [0.05, 0.1) is 24.9 Å². The summed E-state index contributed by atoms with van der Waals surface area (Å²) in [5.74, 6) is 1.53. The van der Waals surface area contributed by atoms with E-state index in [0.29, 0.717) is 36.0 Å². The van der Waals surface area contributed by atoms with Crippen molar-refractivity contribution in [2.75, 3.05) is 25.6 Å². The molecule has 146 valence electrons. The molecule has 3 aromatic rings. The first-order valence-electron chi connectivity index (χ1n) is 8.84. The van der Waals surface area contributed by atoms with Gasteiger partial charge in [0.1, 0.15) is 24.2 Å². The van der Waals surface area contributed by atoms with Gasteiger partial charge in [0.25, 0.3) is 5.91 Å². The average molecular weight is 389 g/mol. The minimum absolute atomic E-state index is 0.188. The molecule has 29 heavy (non-hydrogen) atoms. The molecule has 0 aliphatic rings. The molecule has 0 saturated heterocycles. The number of benzene rings is 2. The van der Waals surface area contributed by atoms with E-state index in [-0.39, 0.29) is 11.6 Å². The molecule has 0 fully saturated rings. The fourth-order valence-electron chi connectivity index (χ4n) is 2.44. The number of anilines is 2. The van der Waals surface area contributed by atoms with E-state index in [1.54, 1.807) is 61.7 Å². The number of rotatable bonds is 8. The molecule has 0 unspecified atom stereocenters. The highest BCUT2D eigenvalue weighted by Crippen LogP contribution is 2.18. The molecule has 0 saturated carbocycles. The highest BCUT2D eigenvalue weighted by molar-refractivity contribution is 5.92. The molecule has 8 heteroatoms. The number of nitrogens with zero attached hydrogens (tertiary/aromatic N) is 3. The summed E-state index contributed by atoms with van der Waals surface area (Å²) in [6, 6.07) is 19.5. The van der Waals surface area contributed by atoms with Crippen molar-refractivity contribution in [3.63, 3.8) is 0 Å². The van der Waals surface area contributed by atoms with Gasteiger partial charge < -0.3 is 20.1 Å². The van der Waals surface area contributed by atoms with Crippen LogP contribution in [-0.4, -0.2) is 36.4 Å². The number of para-hydroxylation sites is 1. The summed E-state index contributed by atoms with van der Waals surface area (Å²) in [4.78, 5) is 12.2. The van der Waals surface area contributed by atoms with Gasteiger partial charge in [-0.15, -0.1) is 10.2 Å². The molecule has 0 aliphatic heterocycles. The first-order valence-corrected chi connectivity index (χ1v) is 8.84. The maximum atomic E-state index is 12.2. The fourth-order valence-corrected chi connectivity index (χ4v) is 2.44. The molecule has 0 atom stereocenters. The van der Waals surface area contributed by atoms with Crippen LogP contribution in [0.25, 0.3) is 0 Å². The summed E-state index contributed by atoms with van der Waals surface area (Å²) in [6.07, 6.45) is 0. The first-order chi connectivity index (χ1) is 14.2. The van der Waals surface area contributed by atoms with E-state index in [1.165, 1.54) is 0 Å². The Morgan fingerprint density at radius 2 is 1.79 bits per heavy atom. The minimum Gasteiger partial charge on any atom is -0.497 e. The largest absolute Gasteiger partial charge is 0.497 e. The summed E-state index contributed by atoms with van der Waals surface area (Å²) in [5.41, 5.74) is 1.30. The van der Waals surface area contributed by atoms with E-state index in [9.17, 15) is 4.79 Å². The molecule has 0 radical (unpaired) electrons. The molecular formula is C21H19N5O3. The molecule has 2 N–H and O–H groups in total. The van der Waals surface area contributed by atoms with Gasteiger partial charge in [-0.25, -0.2) is 0 Å². The third kappa shape index (κ3) is 5.43. The number of nitriles is 1. The van der Waals surface area contributed by atoms with Crippen LogP contribution in [0.15, 0.2) is 60.7 Å². The minimum atomic E-state index is -0.347. The lowest BCUT2D eigenvalue weighted by atomic mass is 10.2. The first kappa shape index (κ1) is 19.6. The topological polar surface area (TPSA) is 109 Å². The summed E-state index contributed by atoms with van der Waals surface area (Å²) in [7, 11) is 1.60. The van der Waals surface area contributed by atoms with Crippen LogP contribution in [0, 0.1) is 11.3 Å². The highest BCUT2D eigenvalue weighted by atomic mass is 16.5. The van der Waals surface area contributed by atoms with Crippen LogP contribution < -0.4 is 20.1 Å². The van der Waals surface area contributed by atoms with Crippen molar-refractivity contribution in [3.05, 3.63) is 71.9 Å². The maximum absolute atomic E-state index is 12.2. The van der Waals surface area contributed by atoms with E-state index < -0.39 is 0 Å². The van der Waals surface area contributed by atoms with Gasteiger partial charge in [0, 0.05) is 0 Å². The number of carbonyl (C=O) groups excluding carboxylic acids is 1. The zero-order chi connectivity index (χ0) is 20.5. The van der Waals surface area contributed by atoms with Gasteiger partial charge in [0.2, 0.25) is 0 Å². The van der Waals surface area contributed by atoms with E-state index in [4.69, 9.17) is 14.7 Å².